The summed E-state index contributed by atoms with van der Waals surface area (Å²) in [6, 6.07) is 8.13. The second-order valence-electron chi connectivity index (χ2n) is 5.27. The van der Waals surface area contributed by atoms with E-state index in [-0.39, 0.29) is 17.7 Å². The van der Waals surface area contributed by atoms with Crippen molar-refractivity contribution in [3.05, 3.63) is 57.6 Å². The fourth-order valence-corrected chi connectivity index (χ4v) is 2.28. The van der Waals surface area contributed by atoms with Crippen molar-refractivity contribution in [3.63, 3.8) is 0 Å². The van der Waals surface area contributed by atoms with Crippen LogP contribution >= 0.6 is 0 Å². The monoisotopic (exact) mass is 374 g/mol. The number of non-ortho nitro benzene ring substituents is 1. The van der Waals surface area contributed by atoms with Crippen LogP contribution in [0.4, 0.5) is 11.4 Å². The number of amides is 1. The average molecular weight is 374 g/mol. The summed E-state index contributed by atoms with van der Waals surface area (Å²) in [6.45, 7) is 1.71. The predicted octanol–water partition coefficient (Wildman–Crippen LogP) is 3.04. The van der Waals surface area contributed by atoms with E-state index in [1.165, 1.54) is 20.3 Å². The number of nitro benzene ring substituents is 1. The molecule has 0 spiro atoms. The molecule has 0 heterocycles. The lowest BCUT2D eigenvalue weighted by molar-refractivity contribution is -0.384. The van der Waals surface area contributed by atoms with Crippen molar-refractivity contribution in [2.45, 2.75) is 6.92 Å². The van der Waals surface area contributed by atoms with Gasteiger partial charge in [-0.1, -0.05) is 0 Å². The third-order valence-corrected chi connectivity index (χ3v) is 3.56. The maximum Gasteiger partial charge on any atom is 0.338 e. The highest BCUT2D eigenvalue weighted by atomic mass is 16.6. The van der Waals surface area contributed by atoms with Gasteiger partial charge >= 0.3 is 5.97 Å². The van der Waals surface area contributed by atoms with Crippen LogP contribution in [0.15, 0.2) is 36.4 Å². The number of carbonyl (C=O) groups excluding carboxylic acids is 2. The number of anilines is 1. The Labute approximate surface area is 155 Å². The molecule has 1 amide bonds. The highest BCUT2D eigenvalue weighted by Gasteiger charge is 2.19. The molecule has 0 saturated heterocycles. The van der Waals surface area contributed by atoms with Gasteiger partial charge in [-0.3, -0.25) is 14.9 Å². The number of ether oxygens (including phenoxy) is 3. The molecule has 9 heteroatoms. The number of methoxy groups -OCH3 is 2. The molecular weight excluding hydrogens is 356 g/mol. The molecule has 0 radical (unpaired) electrons. The summed E-state index contributed by atoms with van der Waals surface area (Å²) in [6.07, 6.45) is 0. The Hall–Kier alpha value is -3.62. The summed E-state index contributed by atoms with van der Waals surface area (Å²) in [7, 11) is 2.92. The van der Waals surface area contributed by atoms with Crippen molar-refractivity contribution < 1.29 is 28.7 Å². The van der Waals surface area contributed by atoms with Gasteiger partial charge < -0.3 is 19.5 Å². The average Bonchev–Trinajstić information content (AvgIpc) is 2.67. The fourth-order valence-electron chi connectivity index (χ4n) is 2.28. The Balaban J connectivity index is 2.38. The Morgan fingerprint density at radius 2 is 1.78 bits per heavy atom. The zero-order chi connectivity index (χ0) is 20.0. The number of carbonyl (C=O) groups is 2. The van der Waals surface area contributed by atoms with E-state index in [1.54, 1.807) is 25.1 Å². The Kier molecular flexibility index (Phi) is 6.32. The highest BCUT2D eigenvalue weighted by molar-refractivity contribution is 6.07. The molecule has 0 saturated carbocycles. The summed E-state index contributed by atoms with van der Waals surface area (Å²) in [5, 5.41) is 13.7. The van der Waals surface area contributed by atoms with E-state index in [0.29, 0.717) is 17.2 Å². The summed E-state index contributed by atoms with van der Waals surface area (Å²) in [4.78, 5) is 34.9. The van der Waals surface area contributed by atoms with Crippen LogP contribution in [-0.2, 0) is 4.74 Å². The molecule has 2 aromatic carbocycles. The molecule has 0 fully saturated rings. The Bertz CT molecular complexity index is 880. The summed E-state index contributed by atoms with van der Waals surface area (Å²) < 4.78 is 15.1. The maximum atomic E-state index is 12.6. The van der Waals surface area contributed by atoms with Crippen molar-refractivity contribution in [3.8, 4) is 11.5 Å². The quantitative estimate of drug-likeness (QED) is 0.450. The minimum atomic E-state index is -0.753. The molecule has 0 aliphatic heterocycles. The summed E-state index contributed by atoms with van der Waals surface area (Å²) >= 11 is 0. The molecule has 9 nitrogen and oxygen atoms in total. The number of esters is 1. The second-order valence-corrected chi connectivity index (χ2v) is 5.27. The number of hydrogen-bond acceptors (Lipinski definition) is 7. The molecular formula is C18H18N2O7. The molecule has 2 rings (SSSR count). The van der Waals surface area contributed by atoms with E-state index in [0.717, 1.165) is 12.1 Å². The van der Waals surface area contributed by atoms with E-state index in [2.05, 4.69) is 5.32 Å². The third kappa shape index (κ3) is 4.72. The normalized spacial score (nSPS) is 10.0. The lowest BCUT2D eigenvalue weighted by atomic mass is 10.1. The van der Waals surface area contributed by atoms with E-state index in [4.69, 9.17) is 14.2 Å². The van der Waals surface area contributed by atoms with Gasteiger partial charge in [-0.15, -0.1) is 0 Å². The van der Waals surface area contributed by atoms with Crippen LogP contribution in [-0.4, -0.2) is 37.6 Å². The Morgan fingerprint density at radius 1 is 1.07 bits per heavy atom. The molecule has 27 heavy (non-hydrogen) atoms. The van der Waals surface area contributed by atoms with Gasteiger partial charge in [-0.05, 0) is 25.1 Å². The van der Waals surface area contributed by atoms with Crippen molar-refractivity contribution in [1.29, 1.82) is 0 Å². The molecule has 0 bridgehead atoms. The van der Waals surface area contributed by atoms with Crippen LogP contribution in [0.25, 0.3) is 0 Å². The predicted molar refractivity (Wildman–Crippen MR) is 96.6 cm³/mol. The molecule has 0 unspecified atom stereocenters. The van der Waals surface area contributed by atoms with Crippen LogP contribution in [0.5, 0.6) is 11.5 Å². The molecule has 0 atom stereocenters. The zero-order valence-corrected chi connectivity index (χ0v) is 15.0. The lowest BCUT2D eigenvalue weighted by Gasteiger charge is -2.12. The van der Waals surface area contributed by atoms with Crippen LogP contribution in [0, 0.1) is 10.1 Å². The van der Waals surface area contributed by atoms with Gasteiger partial charge in [0.2, 0.25) is 0 Å². The summed E-state index contributed by atoms with van der Waals surface area (Å²) in [5.74, 6) is -0.520. The van der Waals surface area contributed by atoms with E-state index >= 15 is 0 Å². The van der Waals surface area contributed by atoms with Gasteiger partial charge in [-0.25, -0.2) is 4.79 Å². The van der Waals surface area contributed by atoms with Gasteiger partial charge in [0.25, 0.3) is 11.6 Å². The molecule has 0 aliphatic rings. The van der Waals surface area contributed by atoms with Gasteiger partial charge in [0.15, 0.2) is 0 Å². The zero-order valence-electron chi connectivity index (χ0n) is 15.0. The number of nitrogens with zero attached hydrogens (tertiary/aromatic N) is 1. The van der Waals surface area contributed by atoms with Crippen molar-refractivity contribution in [2.24, 2.45) is 0 Å². The molecule has 2 aromatic rings. The van der Waals surface area contributed by atoms with E-state index in [1.807, 2.05) is 0 Å². The lowest BCUT2D eigenvalue weighted by Crippen LogP contribution is -2.15. The summed E-state index contributed by atoms with van der Waals surface area (Å²) in [5.41, 5.74) is -0.206. The molecule has 142 valence electrons. The van der Waals surface area contributed by atoms with E-state index in [9.17, 15) is 19.7 Å². The number of rotatable bonds is 7. The number of nitrogens with one attached hydrogen (secondary N) is 1. The van der Waals surface area contributed by atoms with Crippen LogP contribution in [0.2, 0.25) is 0 Å². The largest absolute Gasteiger partial charge is 0.497 e. The fraction of sp³-hybridized carbons (Fsp3) is 0.222. The van der Waals surface area contributed by atoms with Crippen LogP contribution in [0.3, 0.4) is 0 Å². The van der Waals surface area contributed by atoms with Gasteiger partial charge in [0, 0.05) is 23.8 Å². The molecule has 0 aromatic heterocycles. The number of nitro groups is 1. The first kappa shape index (κ1) is 19.7. The first-order chi connectivity index (χ1) is 12.9. The third-order valence-electron chi connectivity index (χ3n) is 3.56. The first-order valence-corrected chi connectivity index (χ1v) is 7.89. The maximum absolute atomic E-state index is 12.6. The topological polar surface area (TPSA) is 117 Å². The smallest absolute Gasteiger partial charge is 0.338 e. The Morgan fingerprint density at radius 3 is 2.37 bits per heavy atom. The number of hydrogen-bond donors (Lipinski definition) is 1. The minimum absolute atomic E-state index is 0.0647. The van der Waals surface area contributed by atoms with Crippen molar-refractivity contribution in [1.82, 2.24) is 0 Å². The van der Waals surface area contributed by atoms with Crippen LogP contribution < -0.4 is 14.8 Å². The minimum Gasteiger partial charge on any atom is -0.497 e. The number of benzene rings is 2. The van der Waals surface area contributed by atoms with Crippen molar-refractivity contribution in [2.75, 3.05) is 26.1 Å². The van der Waals surface area contributed by atoms with Gasteiger partial charge in [0.1, 0.15) is 11.5 Å². The second kappa shape index (κ2) is 8.65. The SMILES string of the molecule is CCOC(=O)c1cc(C(=O)Nc2ccc(OC)cc2OC)cc([N+](=O)[O-])c1. The van der Waals surface area contributed by atoms with Gasteiger partial charge in [0.05, 0.1) is 37.0 Å². The molecule has 1 N–H and O–H groups in total. The van der Waals surface area contributed by atoms with Crippen molar-refractivity contribution >= 4 is 23.3 Å². The van der Waals surface area contributed by atoms with Crippen LogP contribution in [0.1, 0.15) is 27.6 Å². The van der Waals surface area contributed by atoms with Gasteiger partial charge in [-0.2, -0.15) is 0 Å². The van der Waals surface area contributed by atoms with E-state index < -0.39 is 22.5 Å². The molecule has 0 aliphatic carbocycles. The highest BCUT2D eigenvalue weighted by Crippen LogP contribution is 2.29. The standard InChI is InChI=1S/C18H18N2O7/c1-4-27-18(22)12-7-11(8-13(9-12)20(23)24)17(21)19-15-6-5-14(25-2)10-16(15)26-3/h5-10H,4H2,1-3H3,(H,19,21). The first-order valence-electron chi connectivity index (χ1n) is 7.89.